The zero-order valence-electron chi connectivity index (χ0n) is 11.2. The fourth-order valence-electron chi connectivity index (χ4n) is 2.15. The predicted molar refractivity (Wildman–Crippen MR) is 82.9 cm³/mol. The van der Waals surface area contributed by atoms with Crippen molar-refractivity contribution < 1.29 is 4.39 Å². The molecule has 1 atom stereocenters. The number of anilines is 1. The Morgan fingerprint density at radius 2 is 2.20 bits per heavy atom. The third-order valence-electron chi connectivity index (χ3n) is 3.15. The number of pyridine rings is 1. The second kappa shape index (κ2) is 6.81. The fraction of sp³-hybridized carbons (Fsp3) is 0.267. The van der Waals surface area contributed by atoms with Crippen LogP contribution in [0.15, 0.2) is 41.1 Å². The first-order valence-electron chi connectivity index (χ1n) is 6.48. The first-order valence-corrected chi connectivity index (χ1v) is 7.27. The van der Waals surface area contributed by atoms with Gasteiger partial charge in [0.2, 0.25) is 0 Å². The Balaban J connectivity index is 2.29. The number of nitrogens with zero attached hydrogens (tertiary/aromatic N) is 1. The van der Waals surface area contributed by atoms with Gasteiger partial charge in [-0.2, -0.15) is 0 Å². The molecule has 0 bridgehead atoms. The number of likely N-dealkylation sites (N-methyl/N-ethyl adjacent to an activating group) is 1. The number of nitrogens with one attached hydrogen (secondary N) is 1. The summed E-state index contributed by atoms with van der Waals surface area (Å²) < 4.78 is 14.0. The van der Waals surface area contributed by atoms with Crippen LogP contribution in [-0.4, -0.2) is 11.5 Å². The van der Waals surface area contributed by atoms with E-state index in [-0.39, 0.29) is 11.9 Å². The highest BCUT2D eigenvalue weighted by molar-refractivity contribution is 9.10. The molecule has 0 fully saturated rings. The molecule has 2 aromatic rings. The molecule has 1 heterocycles. The average Bonchev–Trinajstić information content (AvgIpc) is 2.41. The maximum atomic E-state index is 13.2. The van der Waals surface area contributed by atoms with E-state index < -0.39 is 0 Å². The van der Waals surface area contributed by atoms with Gasteiger partial charge >= 0.3 is 0 Å². The van der Waals surface area contributed by atoms with E-state index in [1.807, 2.05) is 6.92 Å². The van der Waals surface area contributed by atoms with E-state index in [1.165, 1.54) is 12.1 Å². The number of hydrogen-bond acceptors (Lipinski definition) is 3. The van der Waals surface area contributed by atoms with Crippen LogP contribution in [0.2, 0.25) is 0 Å². The summed E-state index contributed by atoms with van der Waals surface area (Å²) in [4.78, 5) is 4.11. The van der Waals surface area contributed by atoms with E-state index in [4.69, 9.17) is 5.73 Å². The largest absolute Gasteiger partial charge is 0.398 e. The highest BCUT2D eigenvalue weighted by Crippen LogP contribution is 2.28. The lowest BCUT2D eigenvalue weighted by Gasteiger charge is -2.20. The highest BCUT2D eigenvalue weighted by Gasteiger charge is 2.16. The summed E-state index contributed by atoms with van der Waals surface area (Å²) >= 11 is 3.42. The van der Waals surface area contributed by atoms with Gasteiger partial charge in [0, 0.05) is 28.6 Å². The van der Waals surface area contributed by atoms with E-state index in [0.29, 0.717) is 6.42 Å². The van der Waals surface area contributed by atoms with Crippen molar-refractivity contribution in [1.82, 2.24) is 10.3 Å². The summed E-state index contributed by atoms with van der Waals surface area (Å²) in [5.41, 5.74) is 8.68. The molecule has 1 aromatic carbocycles. The van der Waals surface area contributed by atoms with Crippen LogP contribution < -0.4 is 11.1 Å². The number of rotatable bonds is 5. The molecule has 0 spiro atoms. The lowest BCUT2D eigenvalue weighted by atomic mass is 9.99. The topological polar surface area (TPSA) is 50.9 Å². The summed E-state index contributed by atoms with van der Waals surface area (Å²) in [5, 5.41) is 3.40. The Bertz CT molecular complexity index is 589. The van der Waals surface area contributed by atoms with Gasteiger partial charge in [-0.3, -0.25) is 4.98 Å². The highest BCUT2D eigenvalue weighted by atomic mass is 79.9. The van der Waals surface area contributed by atoms with E-state index >= 15 is 0 Å². The number of nitrogens with two attached hydrogens (primary N) is 1. The molecule has 5 heteroatoms. The maximum Gasteiger partial charge on any atom is 0.124 e. The molecule has 0 aliphatic rings. The Hall–Kier alpha value is -1.46. The molecule has 3 N–H and O–H groups in total. The summed E-state index contributed by atoms with van der Waals surface area (Å²) in [6.45, 7) is 2.85. The molecule has 1 aromatic heterocycles. The van der Waals surface area contributed by atoms with Gasteiger partial charge in [0.1, 0.15) is 5.82 Å². The van der Waals surface area contributed by atoms with Gasteiger partial charge in [-0.25, -0.2) is 4.39 Å². The Morgan fingerprint density at radius 1 is 1.40 bits per heavy atom. The van der Waals surface area contributed by atoms with Crippen LogP contribution >= 0.6 is 15.9 Å². The maximum absolute atomic E-state index is 13.2. The summed E-state index contributed by atoms with van der Waals surface area (Å²) in [6, 6.07) is 6.59. The van der Waals surface area contributed by atoms with Crippen molar-refractivity contribution in [3.8, 4) is 0 Å². The van der Waals surface area contributed by atoms with Crippen LogP contribution in [0.1, 0.15) is 24.1 Å². The van der Waals surface area contributed by atoms with Gasteiger partial charge < -0.3 is 11.1 Å². The minimum Gasteiger partial charge on any atom is -0.398 e. The molecule has 3 nitrogen and oxygen atoms in total. The molecule has 0 aliphatic carbocycles. The lowest BCUT2D eigenvalue weighted by molar-refractivity contribution is 0.545. The second-order valence-corrected chi connectivity index (χ2v) is 5.41. The van der Waals surface area contributed by atoms with Gasteiger partial charge in [0.15, 0.2) is 0 Å². The van der Waals surface area contributed by atoms with E-state index in [1.54, 1.807) is 24.5 Å². The minimum absolute atomic E-state index is 0.0569. The predicted octanol–water partition coefficient (Wildman–Crippen LogP) is 3.46. The van der Waals surface area contributed by atoms with Crippen LogP contribution in [0.3, 0.4) is 0 Å². The summed E-state index contributed by atoms with van der Waals surface area (Å²) in [5.74, 6) is -0.253. The Kier molecular flexibility index (Phi) is 5.09. The quantitative estimate of drug-likeness (QED) is 0.878. The molecule has 0 amide bonds. The van der Waals surface area contributed by atoms with Crippen molar-refractivity contribution in [2.75, 3.05) is 12.3 Å². The van der Waals surface area contributed by atoms with Gasteiger partial charge in [0.05, 0.1) is 0 Å². The summed E-state index contributed by atoms with van der Waals surface area (Å²) in [7, 11) is 0. The van der Waals surface area contributed by atoms with Crippen molar-refractivity contribution in [1.29, 1.82) is 0 Å². The number of aromatic nitrogens is 1. The molecule has 0 saturated carbocycles. The first-order chi connectivity index (χ1) is 9.61. The molecule has 2 rings (SSSR count). The summed E-state index contributed by atoms with van der Waals surface area (Å²) in [6.07, 6.45) is 4.16. The molecule has 0 saturated heterocycles. The Morgan fingerprint density at radius 3 is 2.85 bits per heavy atom. The number of hydrogen-bond donors (Lipinski definition) is 2. The lowest BCUT2D eigenvalue weighted by Crippen LogP contribution is -2.23. The van der Waals surface area contributed by atoms with Crippen molar-refractivity contribution in [2.45, 2.75) is 19.4 Å². The standard InChI is InChI=1S/C15H17BrFN3/c1-2-20-15(7-10-9-19-6-5-14(10)18)12-4-3-11(17)8-13(12)16/h3-6,8-9,15,20H,2,7H2,1H3,(H2,18,19). The molecule has 106 valence electrons. The molecular formula is C15H17BrFN3. The van der Waals surface area contributed by atoms with E-state index in [2.05, 4.69) is 26.2 Å². The first kappa shape index (κ1) is 14.9. The number of halogens is 2. The van der Waals surface area contributed by atoms with Crippen LogP contribution in [0.25, 0.3) is 0 Å². The SMILES string of the molecule is CCNC(Cc1cnccc1N)c1ccc(F)cc1Br. The van der Waals surface area contributed by atoms with Crippen molar-refractivity contribution >= 4 is 21.6 Å². The average molecular weight is 338 g/mol. The van der Waals surface area contributed by atoms with Crippen LogP contribution in [-0.2, 0) is 6.42 Å². The van der Waals surface area contributed by atoms with Gasteiger partial charge in [-0.1, -0.05) is 28.9 Å². The molecular weight excluding hydrogens is 321 g/mol. The monoisotopic (exact) mass is 337 g/mol. The fourth-order valence-corrected chi connectivity index (χ4v) is 2.78. The number of nitrogen functional groups attached to an aromatic ring is 1. The van der Waals surface area contributed by atoms with Gasteiger partial charge in [-0.05, 0) is 42.3 Å². The van der Waals surface area contributed by atoms with Gasteiger partial charge in [-0.15, -0.1) is 0 Å². The normalized spacial score (nSPS) is 12.3. The molecule has 0 aliphatic heterocycles. The van der Waals surface area contributed by atoms with Crippen molar-refractivity contribution in [2.24, 2.45) is 0 Å². The minimum atomic E-state index is -0.253. The second-order valence-electron chi connectivity index (χ2n) is 4.55. The van der Waals surface area contributed by atoms with Crippen LogP contribution in [0.5, 0.6) is 0 Å². The smallest absolute Gasteiger partial charge is 0.124 e. The van der Waals surface area contributed by atoms with Gasteiger partial charge in [0.25, 0.3) is 0 Å². The molecule has 1 unspecified atom stereocenters. The van der Waals surface area contributed by atoms with Crippen LogP contribution in [0, 0.1) is 5.82 Å². The van der Waals surface area contributed by atoms with E-state index in [0.717, 1.165) is 27.8 Å². The number of benzene rings is 1. The third kappa shape index (κ3) is 3.55. The van der Waals surface area contributed by atoms with Crippen molar-refractivity contribution in [3.63, 3.8) is 0 Å². The molecule has 0 radical (unpaired) electrons. The van der Waals surface area contributed by atoms with Crippen LogP contribution in [0.4, 0.5) is 10.1 Å². The Labute approximate surface area is 126 Å². The zero-order valence-corrected chi connectivity index (χ0v) is 12.8. The molecule has 20 heavy (non-hydrogen) atoms. The van der Waals surface area contributed by atoms with Crippen molar-refractivity contribution in [3.05, 3.63) is 58.1 Å². The van der Waals surface area contributed by atoms with E-state index in [9.17, 15) is 4.39 Å². The zero-order chi connectivity index (χ0) is 14.5. The third-order valence-corrected chi connectivity index (χ3v) is 3.84.